The van der Waals surface area contributed by atoms with E-state index in [1.807, 2.05) is 37.3 Å². The summed E-state index contributed by atoms with van der Waals surface area (Å²) in [6, 6.07) is 20.5. The largest absolute Gasteiger partial charge is 0.411 e. The van der Waals surface area contributed by atoms with Gasteiger partial charge in [-0.3, -0.25) is 4.98 Å². The lowest BCUT2D eigenvalue weighted by atomic mass is 9.83. The zero-order valence-electron chi connectivity index (χ0n) is 14.9. The molecule has 0 aliphatic heterocycles. The maximum absolute atomic E-state index is 9.69. The van der Waals surface area contributed by atoms with E-state index in [0.717, 1.165) is 15.7 Å². The Labute approximate surface area is 162 Å². The summed E-state index contributed by atoms with van der Waals surface area (Å²) in [4.78, 5) is 4.23. The lowest BCUT2D eigenvalue weighted by Gasteiger charge is -2.21. The van der Waals surface area contributed by atoms with E-state index < -0.39 is 0 Å². The molecule has 4 heteroatoms. The lowest BCUT2D eigenvalue weighted by molar-refractivity contribution is 0.317. The number of benzene rings is 2. The molecule has 0 bridgehead atoms. The smallest absolute Gasteiger partial charge is 0.0878 e. The number of rotatable bonds is 5. The van der Waals surface area contributed by atoms with E-state index in [2.05, 4.69) is 63.3 Å². The second kappa shape index (κ2) is 8.28. The zero-order chi connectivity index (χ0) is 18.5. The second-order valence-electron chi connectivity index (χ2n) is 6.40. The minimum Gasteiger partial charge on any atom is -0.411 e. The Hall–Kier alpha value is -2.46. The van der Waals surface area contributed by atoms with Gasteiger partial charge in [-0.15, -0.1) is 0 Å². The Balaban J connectivity index is 2.03. The molecule has 3 rings (SSSR count). The summed E-state index contributed by atoms with van der Waals surface area (Å²) in [6.07, 6.45) is 2.35. The fourth-order valence-electron chi connectivity index (χ4n) is 3.22. The molecule has 3 nitrogen and oxygen atoms in total. The Morgan fingerprint density at radius 2 is 1.81 bits per heavy atom. The molecule has 1 aromatic heterocycles. The summed E-state index contributed by atoms with van der Waals surface area (Å²) in [5.41, 5.74) is 6.11. The number of pyridine rings is 1. The van der Waals surface area contributed by atoms with Crippen LogP contribution in [-0.4, -0.2) is 15.9 Å². The van der Waals surface area contributed by atoms with Crippen LogP contribution in [0.4, 0.5) is 0 Å². The number of hydrogen-bond acceptors (Lipinski definition) is 3. The highest BCUT2D eigenvalue weighted by Gasteiger charge is 2.20. The lowest BCUT2D eigenvalue weighted by Crippen LogP contribution is -2.12. The van der Waals surface area contributed by atoms with E-state index in [0.29, 0.717) is 12.1 Å². The molecular formula is C22H21BrN2O. The van der Waals surface area contributed by atoms with Gasteiger partial charge in [0, 0.05) is 34.3 Å². The van der Waals surface area contributed by atoms with Crippen LogP contribution in [0, 0.1) is 13.8 Å². The Morgan fingerprint density at radius 3 is 2.46 bits per heavy atom. The van der Waals surface area contributed by atoms with Crippen LogP contribution < -0.4 is 0 Å². The Bertz CT molecular complexity index is 919. The monoisotopic (exact) mass is 408 g/mol. The summed E-state index contributed by atoms with van der Waals surface area (Å²) in [5.74, 6) is 0.101. The molecule has 1 atom stereocenters. The molecule has 1 heterocycles. The standard InChI is InChI=1S/C22H21BrN2O/c1-15-5-3-4-6-20(15)21(17-7-9-19(23)10-8-17)14-22(25-26)18-11-12-24-16(2)13-18/h3-13,21,26H,14H2,1-2H3/b25-22-/t21-/m1/s1. The van der Waals surface area contributed by atoms with E-state index in [4.69, 9.17) is 0 Å². The average Bonchev–Trinajstić information content (AvgIpc) is 2.65. The van der Waals surface area contributed by atoms with Gasteiger partial charge in [0.25, 0.3) is 0 Å². The van der Waals surface area contributed by atoms with Crippen molar-refractivity contribution in [1.82, 2.24) is 4.98 Å². The van der Waals surface area contributed by atoms with E-state index in [1.165, 1.54) is 16.7 Å². The van der Waals surface area contributed by atoms with Crippen molar-refractivity contribution in [3.63, 3.8) is 0 Å². The summed E-state index contributed by atoms with van der Waals surface area (Å²) >= 11 is 3.50. The molecule has 0 fully saturated rings. The van der Waals surface area contributed by atoms with Crippen LogP contribution in [0.5, 0.6) is 0 Å². The highest BCUT2D eigenvalue weighted by molar-refractivity contribution is 9.10. The van der Waals surface area contributed by atoms with E-state index >= 15 is 0 Å². The Kier molecular flexibility index (Phi) is 5.84. The van der Waals surface area contributed by atoms with Crippen molar-refractivity contribution in [3.05, 3.63) is 99.3 Å². The molecule has 0 aliphatic carbocycles. The van der Waals surface area contributed by atoms with Gasteiger partial charge in [0.15, 0.2) is 0 Å². The topological polar surface area (TPSA) is 45.5 Å². The fourth-order valence-corrected chi connectivity index (χ4v) is 3.48. The van der Waals surface area contributed by atoms with Crippen molar-refractivity contribution in [2.75, 3.05) is 0 Å². The first kappa shape index (κ1) is 18.3. The maximum atomic E-state index is 9.69. The van der Waals surface area contributed by atoms with E-state index in [-0.39, 0.29) is 5.92 Å². The second-order valence-corrected chi connectivity index (χ2v) is 7.31. The molecule has 0 aliphatic rings. The van der Waals surface area contributed by atoms with Crippen LogP contribution in [0.15, 0.2) is 76.5 Å². The van der Waals surface area contributed by atoms with Crippen molar-refractivity contribution in [2.45, 2.75) is 26.2 Å². The van der Waals surface area contributed by atoms with Gasteiger partial charge < -0.3 is 5.21 Å². The van der Waals surface area contributed by atoms with Gasteiger partial charge in [-0.2, -0.15) is 0 Å². The molecule has 0 unspecified atom stereocenters. The highest BCUT2D eigenvalue weighted by atomic mass is 79.9. The molecule has 0 saturated heterocycles. The Morgan fingerprint density at radius 1 is 1.08 bits per heavy atom. The molecule has 0 radical (unpaired) electrons. The molecule has 26 heavy (non-hydrogen) atoms. The first-order chi connectivity index (χ1) is 12.6. The van der Waals surface area contributed by atoms with Crippen molar-refractivity contribution < 1.29 is 5.21 Å². The minimum absolute atomic E-state index is 0.101. The zero-order valence-corrected chi connectivity index (χ0v) is 16.4. The van der Waals surface area contributed by atoms with Crippen LogP contribution in [0.3, 0.4) is 0 Å². The van der Waals surface area contributed by atoms with Crippen LogP contribution in [0.25, 0.3) is 0 Å². The van der Waals surface area contributed by atoms with E-state index in [1.54, 1.807) is 6.20 Å². The molecule has 3 aromatic rings. The minimum atomic E-state index is 0.101. The molecule has 0 saturated carbocycles. The number of oxime groups is 1. The average molecular weight is 409 g/mol. The third-order valence-corrected chi connectivity index (χ3v) is 5.11. The maximum Gasteiger partial charge on any atom is 0.0878 e. The number of nitrogens with zero attached hydrogens (tertiary/aromatic N) is 2. The normalized spacial score (nSPS) is 12.8. The van der Waals surface area contributed by atoms with Crippen molar-refractivity contribution >= 4 is 21.6 Å². The number of hydrogen-bond donors (Lipinski definition) is 1. The quantitative estimate of drug-likeness (QED) is 0.326. The van der Waals surface area contributed by atoms with Gasteiger partial charge >= 0.3 is 0 Å². The number of aryl methyl sites for hydroxylation is 2. The van der Waals surface area contributed by atoms with Gasteiger partial charge in [0.05, 0.1) is 5.71 Å². The van der Waals surface area contributed by atoms with Crippen molar-refractivity contribution in [2.24, 2.45) is 5.16 Å². The first-order valence-corrected chi connectivity index (χ1v) is 9.32. The number of halogens is 1. The third-order valence-electron chi connectivity index (χ3n) is 4.58. The summed E-state index contributed by atoms with van der Waals surface area (Å²) in [5, 5.41) is 13.3. The summed E-state index contributed by atoms with van der Waals surface area (Å²) in [7, 11) is 0. The van der Waals surface area contributed by atoms with Crippen LogP contribution in [-0.2, 0) is 0 Å². The fraction of sp³-hybridized carbons (Fsp3) is 0.182. The predicted molar refractivity (Wildman–Crippen MR) is 109 cm³/mol. The van der Waals surface area contributed by atoms with Gasteiger partial charge in [-0.05, 0) is 54.8 Å². The van der Waals surface area contributed by atoms with Gasteiger partial charge in [0.2, 0.25) is 0 Å². The molecule has 0 amide bonds. The summed E-state index contributed by atoms with van der Waals surface area (Å²) in [6.45, 7) is 4.06. The molecule has 1 N–H and O–H groups in total. The predicted octanol–water partition coefficient (Wildman–Crippen LogP) is 5.86. The van der Waals surface area contributed by atoms with Gasteiger partial charge in [-0.1, -0.05) is 57.5 Å². The molecule has 0 spiro atoms. The molecule has 2 aromatic carbocycles. The first-order valence-electron chi connectivity index (χ1n) is 8.53. The third kappa shape index (κ3) is 4.20. The van der Waals surface area contributed by atoms with Crippen LogP contribution >= 0.6 is 15.9 Å². The number of aromatic nitrogens is 1. The van der Waals surface area contributed by atoms with Gasteiger partial charge in [-0.25, -0.2) is 0 Å². The van der Waals surface area contributed by atoms with Crippen LogP contribution in [0.1, 0.15) is 40.3 Å². The molecule has 132 valence electrons. The summed E-state index contributed by atoms with van der Waals surface area (Å²) < 4.78 is 1.05. The van der Waals surface area contributed by atoms with Gasteiger partial charge in [0.1, 0.15) is 0 Å². The molecular weight excluding hydrogens is 388 g/mol. The van der Waals surface area contributed by atoms with Crippen molar-refractivity contribution in [1.29, 1.82) is 0 Å². The van der Waals surface area contributed by atoms with Crippen molar-refractivity contribution in [3.8, 4) is 0 Å². The van der Waals surface area contributed by atoms with Crippen LogP contribution in [0.2, 0.25) is 0 Å². The SMILES string of the molecule is Cc1cc(/C(C[C@H](c2ccc(Br)cc2)c2ccccc2C)=N\O)ccn1. The van der Waals surface area contributed by atoms with E-state index in [9.17, 15) is 5.21 Å². The highest BCUT2D eigenvalue weighted by Crippen LogP contribution is 2.32.